The van der Waals surface area contributed by atoms with Gasteiger partial charge >= 0.3 is 6.09 Å². The van der Waals surface area contributed by atoms with Crippen LogP contribution in [0, 0.1) is 0 Å². The molecular weight excluding hydrogens is 430 g/mol. The molecule has 0 aliphatic rings. The number of benzene rings is 1. The van der Waals surface area contributed by atoms with E-state index in [9.17, 15) is 4.79 Å². The molecule has 0 saturated heterocycles. The van der Waals surface area contributed by atoms with Crippen molar-refractivity contribution in [3.63, 3.8) is 0 Å². The van der Waals surface area contributed by atoms with E-state index in [-0.39, 0.29) is 0 Å². The first kappa shape index (κ1) is 23.3. The number of carbonyl (C=O) groups is 1. The third kappa shape index (κ3) is 8.03. The van der Waals surface area contributed by atoms with E-state index in [4.69, 9.17) is 21.1 Å². The Morgan fingerprint density at radius 3 is 2.44 bits per heavy atom. The summed E-state index contributed by atoms with van der Waals surface area (Å²) in [5, 5.41) is 6.36. The van der Waals surface area contributed by atoms with Gasteiger partial charge in [-0.1, -0.05) is 23.7 Å². The van der Waals surface area contributed by atoms with Gasteiger partial charge in [-0.25, -0.2) is 19.7 Å². The zero-order chi connectivity index (χ0) is 23.0. The number of carbonyl (C=O) groups excluding carboxylic acids is 1. The minimum atomic E-state index is -0.506. The van der Waals surface area contributed by atoms with Crippen molar-refractivity contribution in [2.45, 2.75) is 39.3 Å². The topological polar surface area (TPSA) is 98.3 Å². The summed E-state index contributed by atoms with van der Waals surface area (Å²) < 4.78 is 11.1. The van der Waals surface area contributed by atoms with Gasteiger partial charge in [0.15, 0.2) is 0 Å². The van der Waals surface area contributed by atoms with Crippen molar-refractivity contribution >= 4 is 23.6 Å². The predicted octanol–water partition coefficient (Wildman–Crippen LogP) is 5.00. The molecule has 3 rings (SSSR count). The van der Waals surface area contributed by atoms with E-state index in [1.54, 1.807) is 6.20 Å². The van der Waals surface area contributed by atoms with E-state index in [1.807, 2.05) is 57.2 Å². The maximum Gasteiger partial charge on any atom is 0.407 e. The molecule has 0 radical (unpaired) electrons. The van der Waals surface area contributed by atoms with Crippen LogP contribution in [-0.4, -0.2) is 33.2 Å². The van der Waals surface area contributed by atoms with Crippen LogP contribution in [0.1, 0.15) is 31.9 Å². The number of aromatic nitrogens is 3. The second kappa shape index (κ2) is 10.8. The van der Waals surface area contributed by atoms with Crippen LogP contribution < -0.4 is 15.4 Å². The van der Waals surface area contributed by atoms with Crippen LogP contribution in [0.15, 0.2) is 55.0 Å². The van der Waals surface area contributed by atoms with Crippen LogP contribution in [-0.2, 0) is 17.7 Å². The van der Waals surface area contributed by atoms with Crippen LogP contribution >= 0.6 is 11.6 Å². The third-order valence-corrected chi connectivity index (χ3v) is 4.29. The van der Waals surface area contributed by atoms with Gasteiger partial charge in [0.05, 0.1) is 17.4 Å². The summed E-state index contributed by atoms with van der Waals surface area (Å²) in [6, 6.07) is 11.4. The molecule has 168 valence electrons. The second-order valence-corrected chi connectivity index (χ2v) is 8.44. The number of nitrogens with zero attached hydrogens (tertiary/aromatic N) is 3. The van der Waals surface area contributed by atoms with E-state index in [1.165, 1.54) is 12.4 Å². The number of anilines is 1. The Kier molecular flexibility index (Phi) is 7.83. The van der Waals surface area contributed by atoms with Crippen molar-refractivity contribution in [3.05, 3.63) is 71.1 Å². The Bertz CT molecular complexity index is 1020. The summed E-state index contributed by atoms with van der Waals surface area (Å²) in [5.41, 5.74) is 1.54. The number of amides is 1. The fraction of sp³-hybridized carbons (Fsp3) is 0.304. The molecule has 8 nitrogen and oxygen atoms in total. The highest BCUT2D eigenvalue weighted by Gasteiger charge is 2.15. The highest BCUT2D eigenvalue weighted by molar-refractivity contribution is 6.30. The molecule has 0 spiro atoms. The van der Waals surface area contributed by atoms with Crippen LogP contribution in [0.2, 0.25) is 5.02 Å². The van der Waals surface area contributed by atoms with Crippen molar-refractivity contribution < 1.29 is 14.3 Å². The van der Waals surface area contributed by atoms with Crippen molar-refractivity contribution in [2.75, 3.05) is 11.9 Å². The van der Waals surface area contributed by atoms with E-state index in [0.717, 1.165) is 11.1 Å². The third-order valence-electron chi connectivity index (χ3n) is 4.10. The lowest BCUT2D eigenvalue weighted by atomic mass is 10.1. The minimum Gasteiger partial charge on any atom is -0.444 e. The van der Waals surface area contributed by atoms with Crippen LogP contribution in [0.3, 0.4) is 0 Å². The average molecular weight is 456 g/mol. The molecule has 3 aromatic rings. The second-order valence-electron chi connectivity index (χ2n) is 8.01. The number of ether oxygens (including phenoxy) is 2. The fourth-order valence-corrected chi connectivity index (χ4v) is 2.77. The van der Waals surface area contributed by atoms with Crippen molar-refractivity contribution in [3.8, 4) is 11.6 Å². The lowest BCUT2D eigenvalue weighted by Crippen LogP contribution is -2.33. The van der Waals surface area contributed by atoms with Gasteiger partial charge in [0, 0.05) is 25.4 Å². The molecule has 1 amide bonds. The number of hydrogen-bond acceptors (Lipinski definition) is 7. The number of nitrogens with one attached hydrogen (secondary N) is 2. The molecule has 32 heavy (non-hydrogen) atoms. The largest absolute Gasteiger partial charge is 0.444 e. The summed E-state index contributed by atoms with van der Waals surface area (Å²) in [4.78, 5) is 24.2. The summed E-state index contributed by atoms with van der Waals surface area (Å²) in [5.74, 6) is 1.65. The maximum absolute atomic E-state index is 11.7. The lowest BCUT2D eigenvalue weighted by Gasteiger charge is -2.19. The molecule has 9 heteroatoms. The molecule has 2 N–H and O–H groups in total. The molecule has 0 atom stereocenters. The van der Waals surface area contributed by atoms with Gasteiger partial charge in [0.1, 0.15) is 11.4 Å². The minimum absolute atomic E-state index is 0.416. The molecule has 0 aliphatic heterocycles. The highest BCUT2D eigenvalue weighted by atomic mass is 35.5. The smallest absolute Gasteiger partial charge is 0.407 e. The van der Waals surface area contributed by atoms with Crippen LogP contribution in [0.4, 0.5) is 10.7 Å². The predicted molar refractivity (Wildman–Crippen MR) is 123 cm³/mol. The zero-order valence-electron chi connectivity index (χ0n) is 18.3. The van der Waals surface area contributed by atoms with Crippen LogP contribution in [0.25, 0.3) is 0 Å². The summed E-state index contributed by atoms with van der Waals surface area (Å²) in [6.45, 7) is 6.51. The first-order chi connectivity index (χ1) is 15.3. The first-order valence-electron chi connectivity index (χ1n) is 10.2. The monoisotopic (exact) mass is 455 g/mol. The van der Waals surface area contributed by atoms with Gasteiger partial charge in [-0.15, -0.1) is 0 Å². The van der Waals surface area contributed by atoms with E-state index in [2.05, 4.69) is 25.6 Å². The summed E-state index contributed by atoms with van der Waals surface area (Å²) in [7, 11) is 0. The van der Waals surface area contributed by atoms with Gasteiger partial charge in [0.25, 0.3) is 0 Å². The lowest BCUT2D eigenvalue weighted by molar-refractivity contribution is 0.0528. The zero-order valence-corrected chi connectivity index (χ0v) is 19.0. The molecule has 0 aliphatic carbocycles. The van der Waals surface area contributed by atoms with Gasteiger partial charge in [-0.05, 0) is 56.5 Å². The number of halogens is 1. The van der Waals surface area contributed by atoms with E-state index in [0.29, 0.717) is 42.1 Å². The first-order valence-corrected chi connectivity index (χ1v) is 10.5. The van der Waals surface area contributed by atoms with Gasteiger partial charge in [0.2, 0.25) is 11.8 Å². The highest BCUT2D eigenvalue weighted by Crippen LogP contribution is 2.21. The quantitative estimate of drug-likeness (QED) is 0.493. The van der Waals surface area contributed by atoms with Gasteiger partial charge in [-0.3, -0.25) is 0 Å². The Balaban J connectivity index is 1.48. The Hall–Kier alpha value is -3.39. The number of pyridine rings is 1. The Morgan fingerprint density at radius 1 is 1.03 bits per heavy atom. The number of hydrogen-bond donors (Lipinski definition) is 2. The van der Waals surface area contributed by atoms with Gasteiger partial charge in [-0.2, -0.15) is 0 Å². The summed E-state index contributed by atoms with van der Waals surface area (Å²) in [6.07, 6.45) is 5.03. The standard InChI is InChI=1S/C23H26ClN5O3/c1-23(2,3)32-22(30)26-11-8-16-4-6-19(7-5-16)31-20-12-17(9-10-25-20)13-27-21-28-14-18(24)15-29-21/h4-7,9-10,12,14-15H,8,11,13H2,1-3H3,(H,26,30)(H,27,28,29). The fourth-order valence-electron chi connectivity index (χ4n) is 2.67. The number of rotatable bonds is 8. The molecule has 0 unspecified atom stereocenters. The van der Waals surface area contributed by atoms with Crippen molar-refractivity contribution in [1.82, 2.24) is 20.3 Å². The van der Waals surface area contributed by atoms with E-state index < -0.39 is 11.7 Å². The van der Waals surface area contributed by atoms with Crippen molar-refractivity contribution in [1.29, 1.82) is 0 Å². The molecule has 0 saturated carbocycles. The van der Waals surface area contributed by atoms with Crippen molar-refractivity contribution in [2.24, 2.45) is 0 Å². The maximum atomic E-state index is 11.7. The Labute approximate surface area is 192 Å². The molecular formula is C23H26ClN5O3. The van der Waals surface area contributed by atoms with E-state index >= 15 is 0 Å². The molecule has 2 heterocycles. The molecule has 1 aromatic carbocycles. The molecule has 0 bridgehead atoms. The number of alkyl carbamates (subject to hydrolysis) is 1. The SMILES string of the molecule is CC(C)(C)OC(=O)NCCc1ccc(Oc2cc(CNc3ncc(Cl)cn3)ccn2)cc1. The normalized spacial score (nSPS) is 11.0. The summed E-state index contributed by atoms with van der Waals surface area (Å²) >= 11 is 5.80. The average Bonchev–Trinajstić information content (AvgIpc) is 2.74. The molecule has 2 aromatic heterocycles. The molecule has 0 fully saturated rings. The Morgan fingerprint density at radius 2 is 1.75 bits per heavy atom. The van der Waals surface area contributed by atoms with Gasteiger partial charge < -0.3 is 20.1 Å². The van der Waals surface area contributed by atoms with Crippen LogP contribution in [0.5, 0.6) is 11.6 Å².